The molecule has 0 aliphatic carbocycles. The lowest BCUT2D eigenvalue weighted by molar-refractivity contribution is -0.147. The van der Waals surface area contributed by atoms with Gasteiger partial charge in [-0.3, -0.25) is 9.59 Å². The molecule has 0 aromatic heterocycles. The van der Waals surface area contributed by atoms with Crippen molar-refractivity contribution in [3.05, 3.63) is 131 Å². The third-order valence-corrected chi connectivity index (χ3v) is 5.99. The number of carbonyl (C=O) groups excluding carboxylic acids is 3. The number of aromatic hydroxyl groups is 2. The zero-order valence-corrected chi connectivity index (χ0v) is 22.3. The number of ether oxygens (including phenoxy) is 3. The molecule has 0 heterocycles. The lowest BCUT2D eigenvalue weighted by atomic mass is 10.0. The second-order valence-corrected chi connectivity index (χ2v) is 9.18. The van der Waals surface area contributed by atoms with Crippen molar-refractivity contribution in [2.45, 2.75) is 13.0 Å². The molecule has 0 atom stereocenters. The maximum Gasteiger partial charge on any atom is 0.333 e. The number of rotatable bonds is 12. The molecule has 4 rings (SSSR count). The van der Waals surface area contributed by atoms with Crippen LogP contribution in [0.3, 0.4) is 0 Å². The second-order valence-electron chi connectivity index (χ2n) is 9.18. The summed E-state index contributed by atoms with van der Waals surface area (Å²) in [6, 6.07) is 25.7. The Hall–Kier alpha value is -5.37. The Kier molecular flexibility index (Phi) is 9.16. The first kappa shape index (κ1) is 28.6. The first-order valence-electron chi connectivity index (χ1n) is 12.7. The smallest absolute Gasteiger partial charge is 0.333 e. The molecule has 0 spiro atoms. The van der Waals surface area contributed by atoms with E-state index in [9.17, 15) is 24.6 Å². The van der Waals surface area contributed by atoms with E-state index in [1.165, 1.54) is 43.3 Å². The van der Waals surface area contributed by atoms with Crippen LogP contribution in [0.25, 0.3) is 0 Å². The molecule has 0 fully saturated rings. The Balaban J connectivity index is 1.42. The van der Waals surface area contributed by atoms with Crippen molar-refractivity contribution in [2.75, 3.05) is 13.2 Å². The minimum absolute atomic E-state index is 0.117. The van der Waals surface area contributed by atoms with Crippen molar-refractivity contribution in [3.63, 3.8) is 0 Å². The van der Waals surface area contributed by atoms with Crippen molar-refractivity contribution in [1.82, 2.24) is 0 Å². The molecular weight excluding hydrogens is 524 g/mol. The van der Waals surface area contributed by atoms with Crippen molar-refractivity contribution in [3.8, 4) is 23.0 Å². The van der Waals surface area contributed by atoms with Gasteiger partial charge in [-0.2, -0.15) is 0 Å². The van der Waals surface area contributed by atoms with Crippen LogP contribution in [0, 0.1) is 0 Å². The molecule has 4 aromatic rings. The third-order valence-electron chi connectivity index (χ3n) is 5.99. The molecule has 41 heavy (non-hydrogen) atoms. The number of esters is 1. The fourth-order valence-electron chi connectivity index (χ4n) is 3.82. The van der Waals surface area contributed by atoms with E-state index in [2.05, 4.69) is 6.58 Å². The number of phenolic OH excluding ortho intramolecular Hbond substituents is 2. The van der Waals surface area contributed by atoms with Gasteiger partial charge in [0.1, 0.15) is 36.2 Å². The van der Waals surface area contributed by atoms with Crippen molar-refractivity contribution in [2.24, 2.45) is 0 Å². The van der Waals surface area contributed by atoms with Gasteiger partial charge in [-0.25, -0.2) is 4.79 Å². The van der Waals surface area contributed by atoms with E-state index in [0.29, 0.717) is 11.1 Å². The number of carbonyl (C=O) groups is 3. The molecule has 0 aliphatic rings. The summed E-state index contributed by atoms with van der Waals surface area (Å²) in [5.41, 5.74) is 1.28. The molecule has 0 aliphatic heterocycles. The van der Waals surface area contributed by atoms with Gasteiger partial charge in [0.25, 0.3) is 0 Å². The third kappa shape index (κ3) is 7.39. The molecular formula is C33H28O8. The standard InChI is InChI=1S/C33H28O8/c1-21(2)33(38)41-26(19-39-24-13-15-27(29(34)17-24)31(36)22-9-5-3-6-10-22)20-40-25-14-16-28(30(35)18-25)32(37)23-11-7-4-8-12-23/h3-18,26,34-35H,1,19-20H2,2H3. The van der Waals surface area contributed by atoms with Gasteiger partial charge in [0.2, 0.25) is 0 Å². The molecule has 8 nitrogen and oxygen atoms in total. The fourth-order valence-corrected chi connectivity index (χ4v) is 3.82. The van der Waals surface area contributed by atoms with Crippen molar-refractivity contribution in [1.29, 1.82) is 0 Å². The number of benzene rings is 4. The molecule has 208 valence electrons. The van der Waals surface area contributed by atoms with Crippen LogP contribution in [0.1, 0.15) is 38.8 Å². The largest absolute Gasteiger partial charge is 0.507 e. The highest BCUT2D eigenvalue weighted by atomic mass is 16.6. The summed E-state index contributed by atoms with van der Waals surface area (Å²) < 4.78 is 16.9. The number of hydrogen-bond donors (Lipinski definition) is 2. The summed E-state index contributed by atoms with van der Waals surface area (Å²) in [6.07, 6.45) is -0.903. The summed E-state index contributed by atoms with van der Waals surface area (Å²) >= 11 is 0. The van der Waals surface area contributed by atoms with E-state index in [1.54, 1.807) is 60.7 Å². The highest BCUT2D eigenvalue weighted by Crippen LogP contribution is 2.28. The van der Waals surface area contributed by atoms with E-state index in [0.717, 1.165) is 0 Å². The summed E-state index contributed by atoms with van der Waals surface area (Å²) in [7, 11) is 0. The van der Waals surface area contributed by atoms with Crippen molar-refractivity contribution < 1.29 is 38.8 Å². The summed E-state index contributed by atoms with van der Waals surface area (Å²) in [6.45, 7) is 4.78. The van der Waals surface area contributed by atoms with Crippen LogP contribution in [-0.2, 0) is 9.53 Å². The normalized spacial score (nSPS) is 10.6. The molecule has 0 amide bonds. The van der Waals surface area contributed by atoms with Crippen LogP contribution in [0.5, 0.6) is 23.0 Å². The van der Waals surface area contributed by atoms with Gasteiger partial charge in [-0.1, -0.05) is 67.2 Å². The molecule has 4 aromatic carbocycles. The second kappa shape index (κ2) is 13.1. The Morgan fingerprint density at radius 3 is 1.46 bits per heavy atom. The van der Waals surface area contributed by atoms with Crippen LogP contribution >= 0.6 is 0 Å². The average Bonchev–Trinajstić information content (AvgIpc) is 2.98. The highest BCUT2D eigenvalue weighted by molar-refractivity contribution is 6.11. The minimum Gasteiger partial charge on any atom is -0.507 e. The van der Waals surface area contributed by atoms with Crippen molar-refractivity contribution >= 4 is 17.5 Å². The Bertz CT molecular complexity index is 1460. The van der Waals surface area contributed by atoms with E-state index < -0.39 is 12.1 Å². The first-order valence-corrected chi connectivity index (χ1v) is 12.7. The van der Waals surface area contributed by atoms with Gasteiger partial charge in [-0.15, -0.1) is 0 Å². The number of phenols is 2. The van der Waals surface area contributed by atoms with Gasteiger partial charge in [0.15, 0.2) is 17.7 Å². The summed E-state index contributed by atoms with van der Waals surface area (Å²) in [5.74, 6) is -1.37. The van der Waals surface area contributed by atoms with Gasteiger partial charge in [-0.05, 0) is 31.2 Å². The lowest BCUT2D eigenvalue weighted by Gasteiger charge is -2.20. The molecule has 0 saturated carbocycles. The summed E-state index contributed by atoms with van der Waals surface area (Å²) in [5, 5.41) is 20.9. The molecule has 0 unspecified atom stereocenters. The Morgan fingerprint density at radius 2 is 1.10 bits per heavy atom. The van der Waals surface area contributed by atoms with Crippen LogP contribution in [0.2, 0.25) is 0 Å². The zero-order chi connectivity index (χ0) is 29.4. The predicted molar refractivity (Wildman–Crippen MR) is 152 cm³/mol. The summed E-state index contributed by atoms with van der Waals surface area (Å²) in [4.78, 5) is 37.6. The van der Waals surface area contributed by atoms with Gasteiger partial charge in [0.05, 0.1) is 11.1 Å². The molecule has 0 saturated heterocycles. The lowest BCUT2D eigenvalue weighted by Crippen LogP contribution is -2.31. The topological polar surface area (TPSA) is 119 Å². The highest BCUT2D eigenvalue weighted by Gasteiger charge is 2.20. The minimum atomic E-state index is -0.903. The van der Waals surface area contributed by atoms with Crippen LogP contribution in [0.15, 0.2) is 109 Å². The average molecular weight is 553 g/mol. The van der Waals surface area contributed by atoms with E-state index in [4.69, 9.17) is 14.2 Å². The maximum absolute atomic E-state index is 12.7. The monoisotopic (exact) mass is 552 g/mol. The van der Waals surface area contributed by atoms with Crippen LogP contribution in [-0.4, -0.2) is 47.1 Å². The number of ketones is 2. The molecule has 8 heteroatoms. The van der Waals surface area contributed by atoms with Crippen LogP contribution < -0.4 is 9.47 Å². The predicted octanol–water partition coefficient (Wildman–Crippen LogP) is 5.51. The molecule has 0 bridgehead atoms. The van der Waals surface area contributed by atoms with Gasteiger partial charge in [0, 0.05) is 28.8 Å². The quantitative estimate of drug-likeness (QED) is 0.134. The molecule has 2 N–H and O–H groups in total. The SMILES string of the molecule is C=C(C)C(=O)OC(COc1ccc(C(=O)c2ccccc2)c(O)c1)COc1ccc(C(=O)c2ccccc2)c(O)c1. The maximum atomic E-state index is 12.7. The fraction of sp³-hybridized carbons (Fsp3) is 0.121. The zero-order valence-electron chi connectivity index (χ0n) is 22.3. The van der Waals surface area contributed by atoms with E-state index >= 15 is 0 Å². The van der Waals surface area contributed by atoms with Crippen LogP contribution in [0.4, 0.5) is 0 Å². The Morgan fingerprint density at radius 1 is 0.683 bits per heavy atom. The van der Waals surface area contributed by atoms with E-state index in [-0.39, 0.29) is 64.5 Å². The van der Waals surface area contributed by atoms with E-state index in [1.807, 2.05) is 0 Å². The number of hydrogen-bond acceptors (Lipinski definition) is 8. The van der Waals surface area contributed by atoms with Gasteiger partial charge < -0.3 is 24.4 Å². The first-order chi connectivity index (χ1) is 19.7. The Labute approximate surface area is 237 Å². The van der Waals surface area contributed by atoms with Gasteiger partial charge >= 0.3 is 5.97 Å². The molecule has 0 radical (unpaired) electrons.